The number of hydrogen-bond donors (Lipinski definition) is 0. The van der Waals surface area contributed by atoms with Crippen molar-refractivity contribution in [2.24, 2.45) is 0 Å². The van der Waals surface area contributed by atoms with Crippen LogP contribution in [0.1, 0.15) is 10.6 Å². The molecule has 2 rings (SSSR count). The second-order valence-electron chi connectivity index (χ2n) is 2.86. The number of hydrogen-bond acceptors (Lipinski definition) is 3. The van der Waals surface area contributed by atoms with Crippen molar-refractivity contribution in [1.82, 2.24) is 5.16 Å². The first-order chi connectivity index (χ1) is 7.20. The predicted octanol–water partition coefficient (Wildman–Crippen LogP) is 3.46. The fourth-order valence-electron chi connectivity index (χ4n) is 1.17. The highest BCUT2D eigenvalue weighted by Gasteiger charge is 2.09. The van der Waals surface area contributed by atoms with Gasteiger partial charge in [0, 0.05) is 16.7 Å². The molecule has 0 atom stereocenters. The van der Waals surface area contributed by atoms with Crippen LogP contribution in [0.15, 0.2) is 28.8 Å². The third kappa shape index (κ3) is 2.03. The topological polar surface area (TPSA) is 43.1 Å². The highest BCUT2D eigenvalue weighted by atomic mass is 35.5. The molecule has 0 bridgehead atoms. The second kappa shape index (κ2) is 4.04. The number of carbonyl (C=O) groups excluding carboxylic acids is 1. The number of nitrogens with zero attached hydrogens (tertiary/aromatic N) is 1. The SMILES string of the molecule is O=Cc1cc(-c2ccc(Cl)cc2Cl)no1. The summed E-state index contributed by atoms with van der Waals surface area (Å²) in [6.45, 7) is 0. The summed E-state index contributed by atoms with van der Waals surface area (Å²) in [7, 11) is 0. The first-order valence-electron chi connectivity index (χ1n) is 4.08. The molecule has 0 N–H and O–H groups in total. The molecule has 0 saturated heterocycles. The molecule has 5 heteroatoms. The van der Waals surface area contributed by atoms with Gasteiger partial charge in [-0.3, -0.25) is 4.79 Å². The van der Waals surface area contributed by atoms with Crippen LogP contribution < -0.4 is 0 Å². The minimum absolute atomic E-state index is 0.163. The molecule has 0 fully saturated rings. The summed E-state index contributed by atoms with van der Waals surface area (Å²) >= 11 is 11.7. The molecule has 2 aromatic rings. The smallest absolute Gasteiger partial charge is 0.199 e. The summed E-state index contributed by atoms with van der Waals surface area (Å²) in [5.74, 6) is 0.163. The van der Waals surface area contributed by atoms with E-state index in [2.05, 4.69) is 5.16 Å². The maximum Gasteiger partial charge on any atom is 0.199 e. The number of aldehydes is 1. The zero-order valence-corrected chi connectivity index (χ0v) is 8.92. The van der Waals surface area contributed by atoms with E-state index in [1.54, 1.807) is 18.2 Å². The quantitative estimate of drug-likeness (QED) is 0.757. The van der Waals surface area contributed by atoms with Crippen LogP contribution in [-0.2, 0) is 0 Å². The molecule has 1 heterocycles. The van der Waals surface area contributed by atoms with Crippen molar-refractivity contribution in [3.8, 4) is 11.3 Å². The lowest BCUT2D eigenvalue weighted by molar-refractivity contribution is 0.109. The lowest BCUT2D eigenvalue weighted by Crippen LogP contribution is -1.78. The van der Waals surface area contributed by atoms with Crippen LogP contribution in [0.5, 0.6) is 0 Å². The van der Waals surface area contributed by atoms with E-state index < -0.39 is 0 Å². The normalized spacial score (nSPS) is 10.3. The van der Waals surface area contributed by atoms with Gasteiger partial charge in [0.15, 0.2) is 12.0 Å². The molecular weight excluding hydrogens is 237 g/mol. The van der Waals surface area contributed by atoms with E-state index in [4.69, 9.17) is 27.7 Å². The van der Waals surface area contributed by atoms with Crippen LogP contribution in [-0.4, -0.2) is 11.4 Å². The summed E-state index contributed by atoms with van der Waals surface area (Å²) in [4.78, 5) is 10.4. The second-order valence-corrected chi connectivity index (χ2v) is 3.70. The number of rotatable bonds is 2. The van der Waals surface area contributed by atoms with Gasteiger partial charge in [0.1, 0.15) is 5.69 Å². The predicted molar refractivity (Wildman–Crippen MR) is 57.3 cm³/mol. The van der Waals surface area contributed by atoms with Gasteiger partial charge in [-0.15, -0.1) is 0 Å². The molecule has 0 saturated carbocycles. The largest absolute Gasteiger partial charge is 0.353 e. The summed E-state index contributed by atoms with van der Waals surface area (Å²) in [5, 5.41) is 4.72. The van der Waals surface area contributed by atoms with E-state index in [-0.39, 0.29) is 5.76 Å². The molecular formula is C10H5Cl2NO2. The number of aromatic nitrogens is 1. The Hall–Kier alpha value is -1.32. The molecule has 1 aromatic heterocycles. The summed E-state index contributed by atoms with van der Waals surface area (Å²) in [6, 6.07) is 6.53. The van der Waals surface area contributed by atoms with Gasteiger partial charge in [-0.05, 0) is 18.2 Å². The number of halogens is 2. The Balaban J connectivity index is 2.49. The zero-order chi connectivity index (χ0) is 10.8. The van der Waals surface area contributed by atoms with Gasteiger partial charge < -0.3 is 4.52 Å². The van der Waals surface area contributed by atoms with Gasteiger partial charge in [-0.1, -0.05) is 28.4 Å². The van der Waals surface area contributed by atoms with E-state index in [0.717, 1.165) is 0 Å². The maximum absolute atomic E-state index is 10.4. The van der Waals surface area contributed by atoms with Crippen LogP contribution in [0.25, 0.3) is 11.3 Å². The lowest BCUT2D eigenvalue weighted by Gasteiger charge is -1.99. The van der Waals surface area contributed by atoms with Crippen molar-refractivity contribution in [1.29, 1.82) is 0 Å². The van der Waals surface area contributed by atoms with E-state index in [1.165, 1.54) is 6.07 Å². The Morgan fingerprint density at radius 2 is 2.07 bits per heavy atom. The summed E-state index contributed by atoms with van der Waals surface area (Å²) in [6.07, 6.45) is 0.584. The molecule has 0 radical (unpaired) electrons. The third-order valence-electron chi connectivity index (χ3n) is 1.85. The average molecular weight is 242 g/mol. The molecule has 0 spiro atoms. The van der Waals surface area contributed by atoms with Gasteiger partial charge >= 0.3 is 0 Å². The van der Waals surface area contributed by atoms with Crippen molar-refractivity contribution in [3.05, 3.63) is 40.1 Å². The minimum Gasteiger partial charge on any atom is -0.353 e. The number of carbonyl (C=O) groups is 1. The third-order valence-corrected chi connectivity index (χ3v) is 2.40. The zero-order valence-electron chi connectivity index (χ0n) is 7.41. The molecule has 0 aliphatic heterocycles. The molecule has 76 valence electrons. The van der Waals surface area contributed by atoms with Crippen LogP contribution in [0, 0.1) is 0 Å². The van der Waals surface area contributed by atoms with Gasteiger partial charge in [0.2, 0.25) is 0 Å². The van der Waals surface area contributed by atoms with Gasteiger partial charge in [0.25, 0.3) is 0 Å². The fraction of sp³-hybridized carbons (Fsp3) is 0. The monoisotopic (exact) mass is 241 g/mol. The fourth-order valence-corrected chi connectivity index (χ4v) is 1.67. The Morgan fingerprint density at radius 3 is 2.67 bits per heavy atom. The van der Waals surface area contributed by atoms with E-state index in [1.807, 2.05) is 0 Å². The number of benzene rings is 1. The Bertz CT molecular complexity index is 508. The summed E-state index contributed by atoms with van der Waals surface area (Å²) in [5.41, 5.74) is 1.19. The highest BCUT2D eigenvalue weighted by molar-refractivity contribution is 6.36. The molecule has 0 unspecified atom stereocenters. The van der Waals surface area contributed by atoms with Gasteiger partial charge in [-0.2, -0.15) is 0 Å². The minimum atomic E-state index is 0.163. The Morgan fingerprint density at radius 1 is 1.27 bits per heavy atom. The van der Waals surface area contributed by atoms with Crippen molar-refractivity contribution >= 4 is 29.5 Å². The van der Waals surface area contributed by atoms with Crippen molar-refractivity contribution in [3.63, 3.8) is 0 Å². The van der Waals surface area contributed by atoms with Gasteiger partial charge in [0.05, 0.1) is 5.02 Å². The van der Waals surface area contributed by atoms with Crippen molar-refractivity contribution < 1.29 is 9.32 Å². The average Bonchev–Trinajstić information content (AvgIpc) is 2.66. The standard InChI is InChI=1S/C10H5Cl2NO2/c11-6-1-2-8(9(12)3-6)10-4-7(5-14)15-13-10/h1-5H. The van der Waals surface area contributed by atoms with Crippen molar-refractivity contribution in [2.75, 3.05) is 0 Å². The first-order valence-corrected chi connectivity index (χ1v) is 4.83. The maximum atomic E-state index is 10.4. The molecule has 3 nitrogen and oxygen atoms in total. The van der Waals surface area contributed by atoms with Crippen LogP contribution in [0.2, 0.25) is 10.0 Å². The van der Waals surface area contributed by atoms with Crippen molar-refractivity contribution in [2.45, 2.75) is 0 Å². The highest BCUT2D eigenvalue weighted by Crippen LogP contribution is 2.29. The summed E-state index contributed by atoms with van der Waals surface area (Å²) < 4.78 is 4.74. The lowest BCUT2D eigenvalue weighted by atomic mass is 10.1. The Labute approximate surface area is 95.6 Å². The Kier molecular flexibility index (Phi) is 2.75. The van der Waals surface area contributed by atoms with Crippen LogP contribution in [0.3, 0.4) is 0 Å². The first kappa shape index (κ1) is 10.2. The molecule has 0 amide bonds. The molecule has 15 heavy (non-hydrogen) atoms. The molecule has 0 aliphatic carbocycles. The van der Waals surface area contributed by atoms with Crippen LogP contribution in [0.4, 0.5) is 0 Å². The van der Waals surface area contributed by atoms with Crippen LogP contribution >= 0.6 is 23.2 Å². The molecule has 0 aliphatic rings. The van der Waals surface area contributed by atoms with E-state index in [0.29, 0.717) is 27.6 Å². The van der Waals surface area contributed by atoms with E-state index in [9.17, 15) is 4.79 Å². The van der Waals surface area contributed by atoms with E-state index >= 15 is 0 Å². The molecule has 1 aromatic carbocycles. The van der Waals surface area contributed by atoms with Gasteiger partial charge in [-0.25, -0.2) is 0 Å².